The van der Waals surface area contributed by atoms with Crippen molar-refractivity contribution in [2.75, 3.05) is 13.2 Å². The van der Waals surface area contributed by atoms with Crippen molar-refractivity contribution in [3.63, 3.8) is 0 Å². The lowest BCUT2D eigenvalue weighted by molar-refractivity contribution is -0.138. The summed E-state index contributed by atoms with van der Waals surface area (Å²) in [6.07, 6.45) is 10.2. The van der Waals surface area contributed by atoms with Crippen LogP contribution in [0, 0.1) is 5.92 Å². The smallest absolute Gasteiger partial charge is 0.314 e. The Bertz CT molecular complexity index is 699. The predicted octanol–water partition coefficient (Wildman–Crippen LogP) is 5.23. The lowest BCUT2D eigenvalue weighted by Crippen LogP contribution is -2.16. The van der Waals surface area contributed by atoms with Gasteiger partial charge in [-0.1, -0.05) is 40.0 Å². The summed E-state index contributed by atoms with van der Waals surface area (Å²) in [6.45, 7) is 7.57. The number of unbranched alkanes of at least 4 members (excludes halogenated alkanes) is 3. The molecule has 0 spiro atoms. The quantitative estimate of drug-likeness (QED) is 0.285. The maximum absolute atomic E-state index is 11.9. The monoisotopic (exact) mass is 384 g/mol. The van der Waals surface area contributed by atoms with Crippen molar-refractivity contribution < 1.29 is 14.3 Å². The van der Waals surface area contributed by atoms with E-state index < -0.39 is 0 Å². The SMILES string of the molecule is CCCCCCOCCc1cnc(-c2ccc(OC(=O)C(C)CC)cc2)nc1. The van der Waals surface area contributed by atoms with E-state index in [1.165, 1.54) is 19.3 Å². The van der Waals surface area contributed by atoms with Crippen molar-refractivity contribution >= 4 is 5.97 Å². The van der Waals surface area contributed by atoms with Crippen molar-refractivity contribution in [3.8, 4) is 17.1 Å². The maximum atomic E-state index is 11.9. The van der Waals surface area contributed by atoms with Crippen molar-refractivity contribution in [2.24, 2.45) is 5.92 Å². The van der Waals surface area contributed by atoms with Crippen molar-refractivity contribution in [1.82, 2.24) is 9.97 Å². The van der Waals surface area contributed by atoms with Gasteiger partial charge < -0.3 is 9.47 Å². The highest BCUT2D eigenvalue weighted by Crippen LogP contribution is 2.20. The number of carbonyl (C=O) groups excluding carboxylic acids is 1. The third kappa shape index (κ3) is 7.39. The van der Waals surface area contributed by atoms with Gasteiger partial charge in [0.1, 0.15) is 5.75 Å². The van der Waals surface area contributed by atoms with Crippen LogP contribution >= 0.6 is 0 Å². The first-order chi connectivity index (χ1) is 13.6. The van der Waals surface area contributed by atoms with Crippen LogP contribution in [0.15, 0.2) is 36.7 Å². The molecule has 0 radical (unpaired) electrons. The molecule has 0 N–H and O–H groups in total. The lowest BCUT2D eigenvalue weighted by atomic mass is 10.1. The van der Waals surface area contributed by atoms with Crippen LogP contribution in [0.25, 0.3) is 11.4 Å². The molecule has 1 atom stereocenters. The molecule has 0 aliphatic heterocycles. The molecule has 1 aromatic heterocycles. The number of esters is 1. The molecule has 2 aromatic rings. The van der Waals surface area contributed by atoms with Gasteiger partial charge >= 0.3 is 5.97 Å². The molecular formula is C23H32N2O3. The number of nitrogens with zero attached hydrogens (tertiary/aromatic N) is 2. The Morgan fingerprint density at radius 3 is 2.36 bits per heavy atom. The summed E-state index contributed by atoms with van der Waals surface area (Å²) in [5, 5.41) is 0. The normalized spacial score (nSPS) is 12.0. The van der Waals surface area contributed by atoms with Gasteiger partial charge in [0.2, 0.25) is 0 Å². The van der Waals surface area contributed by atoms with Gasteiger partial charge in [0.05, 0.1) is 12.5 Å². The summed E-state index contributed by atoms with van der Waals surface area (Å²) in [5.41, 5.74) is 1.96. The van der Waals surface area contributed by atoms with E-state index in [2.05, 4.69) is 16.9 Å². The zero-order chi connectivity index (χ0) is 20.2. The van der Waals surface area contributed by atoms with E-state index in [0.717, 1.165) is 37.0 Å². The highest BCUT2D eigenvalue weighted by molar-refractivity contribution is 5.74. The number of rotatable bonds is 12. The largest absolute Gasteiger partial charge is 0.426 e. The van der Waals surface area contributed by atoms with Gasteiger partial charge in [-0.2, -0.15) is 0 Å². The van der Waals surface area contributed by atoms with Gasteiger partial charge in [-0.15, -0.1) is 0 Å². The van der Waals surface area contributed by atoms with Crippen molar-refractivity contribution in [2.45, 2.75) is 59.3 Å². The van der Waals surface area contributed by atoms with Crippen LogP contribution in [0.4, 0.5) is 0 Å². The molecule has 0 aliphatic rings. The molecule has 0 fully saturated rings. The van der Waals surface area contributed by atoms with Gasteiger partial charge in [-0.05, 0) is 49.1 Å². The van der Waals surface area contributed by atoms with Crippen LogP contribution in [0.5, 0.6) is 5.75 Å². The minimum absolute atomic E-state index is 0.101. The van der Waals surface area contributed by atoms with Crippen molar-refractivity contribution in [3.05, 3.63) is 42.2 Å². The van der Waals surface area contributed by atoms with Crippen LogP contribution in [0.1, 0.15) is 58.4 Å². The molecule has 1 aromatic carbocycles. The molecule has 0 saturated carbocycles. The summed E-state index contributed by atoms with van der Waals surface area (Å²) in [6, 6.07) is 7.29. The van der Waals surface area contributed by atoms with Crippen LogP contribution in [0.2, 0.25) is 0 Å². The summed E-state index contributed by atoms with van der Waals surface area (Å²) in [7, 11) is 0. The minimum Gasteiger partial charge on any atom is -0.426 e. The highest BCUT2D eigenvalue weighted by atomic mass is 16.5. The minimum atomic E-state index is -0.205. The first kappa shape index (κ1) is 22.0. The zero-order valence-corrected chi connectivity index (χ0v) is 17.3. The molecule has 0 bridgehead atoms. The topological polar surface area (TPSA) is 61.3 Å². The predicted molar refractivity (Wildman–Crippen MR) is 111 cm³/mol. The van der Waals surface area contributed by atoms with E-state index in [4.69, 9.17) is 9.47 Å². The van der Waals surface area contributed by atoms with Gasteiger partial charge in [0, 0.05) is 24.6 Å². The third-order valence-electron chi connectivity index (χ3n) is 4.73. The van der Waals surface area contributed by atoms with Crippen molar-refractivity contribution in [1.29, 1.82) is 0 Å². The third-order valence-corrected chi connectivity index (χ3v) is 4.73. The summed E-state index contributed by atoms with van der Waals surface area (Å²) in [5.74, 6) is 0.894. The number of hydrogen-bond donors (Lipinski definition) is 0. The van der Waals surface area contributed by atoms with Gasteiger partial charge in [0.15, 0.2) is 5.82 Å². The maximum Gasteiger partial charge on any atom is 0.314 e. The Morgan fingerprint density at radius 2 is 1.71 bits per heavy atom. The first-order valence-electron chi connectivity index (χ1n) is 10.3. The summed E-state index contributed by atoms with van der Waals surface area (Å²) in [4.78, 5) is 20.7. The molecule has 0 saturated heterocycles. The van der Waals surface area contributed by atoms with E-state index in [1.807, 2.05) is 38.4 Å². The average molecular weight is 385 g/mol. The fourth-order valence-corrected chi connectivity index (χ4v) is 2.61. The van der Waals surface area contributed by atoms with E-state index >= 15 is 0 Å². The fraction of sp³-hybridized carbons (Fsp3) is 0.522. The standard InChI is InChI=1S/C23H32N2O3/c1-4-6-7-8-14-27-15-13-19-16-24-22(25-17-19)20-9-11-21(12-10-20)28-23(26)18(3)5-2/h9-12,16-18H,4-8,13-15H2,1-3H3. The molecule has 1 unspecified atom stereocenters. The average Bonchev–Trinajstić information content (AvgIpc) is 2.73. The molecule has 28 heavy (non-hydrogen) atoms. The Balaban J connectivity index is 1.80. The van der Waals surface area contributed by atoms with E-state index in [9.17, 15) is 4.79 Å². The number of aromatic nitrogens is 2. The lowest BCUT2D eigenvalue weighted by Gasteiger charge is -2.09. The molecule has 0 amide bonds. The second-order valence-corrected chi connectivity index (χ2v) is 7.09. The molecule has 0 aliphatic carbocycles. The van der Waals surface area contributed by atoms with E-state index in [0.29, 0.717) is 18.2 Å². The Kier molecular flexibility index (Phi) is 9.63. The zero-order valence-electron chi connectivity index (χ0n) is 17.3. The Morgan fingerprint density at radius 1 is 1.00 bits per heavy atom. The number of carbonyl (C=O) groups is 1. The second-order valence-electron chi connectivity index (χ2n) is 7.09. The number of hydrogen-bond acceptors (Lipinski definition) is 5. The van der Waals surface area contributed by atoms with E-state index in [-0.39, 0.29) is 11.9 Å². The molecule has 1 heterocycles. The fourth-order valence-electron chi connectivity index (χ4n) is 2.61. The Hall–Kier alpha value is -2.27. The van der Waals surface area contributed by atoms with Gasteiger partial charge in [-0.25, -0.2) is 9.97 Å². The van der Waals surface area contributed by atoms with Gasteiger partial charge in [0.25, 0.3) is 0 Å². The van der Waals surface area contributed by atoms with Crippen LogP contribution in [-0.2, 0) is 16.0 Å². The molecular weight excluding hydrogens is 352 g/mol. The molecule has 2 rings (SSSR count). The van der Waals surface area contributed by atoms with Crippen LogP contribution in [-0.4, -0.2) is 29.2 Å². The van der Waals surface area contributed by atoms with Gasteiger partial charge in [-0.3, -0.25) is 4.79 Å². The Labute approximate surface area is 168 Å². The molecule has 5 nitrogen and oxygen atoms in total. The molecule has 152 valence electrons. The number of benzene rings is 1. The summed E-state index contributed by atoms with van der Waals surface area (Å²) < 4.78 is 11.0. The van der Waals surface area contributed by atoms with Crippen LogP contribution in [0.3, 0.4) is 0 Å². The van der Waals surface area contributed by atoms with Crippen LogP contribution < -0.4 is 4.74 Å². The highest BCUT2D eigenvalue weighted by Gasteiger charge is 2.13. The first-order valence-corrected chi connectivity index (χ1v) is 10.3. The number of ether oxygens (including phenoxy) is 2. The molecule has 5 heteroatoms. The summed E-state index contributed by atoms with van der Waals surface area (Å²) >= 11 is 0. The van der Waals surface area contributed by atoms with E-state index in [1.54, 1.807) is 12.1 Å². The second kappa shape index (κ2) is 12.2.